The summed E-state index contributed by atoms with van der Waals surface area (Å²) in [5.74, 6) is -0.304. The molecule has 0 radical (unpaired) electrons. The van der Waals surface area contributed by atoms with E-state index in [0.29, 0.717) is 38.2 Å². The van der Waals surface area contributed by atoms with Gasteiger partial charge in [0.25, 0.3) is 0 Å². The van der Waals surface area contributed by atoms with Gasteiger partial charge in [-0.05, 0) is 91.0 Å². The van der Waals surface area contributed by atoms with Crippen molar-refractivity contribution >= 4 is 22.6 Å². The molecule has 322 valence electrons. The average Bonchev–Trinajstić information content (AvgIpc) is 4.10. The summed E-state index contributed by atoms with van der Waals surface area (Å²) in [6.07, 6.45) is 10.9. The number of unbranched alkanes of at least 4 members (excludes halogenated alkanes) is 2. The highest BCUT2D eigenvalue weighted by atomic mass is 16.7. The number of fused-ring (bicyclic) bond motifs is 3. The Labute approximate surface area is 355 Å². The van der Waals surface area contributed by atoms with Crippen LogP contribution in [0.3, 0.4) is 0 Å². The molecule has 1 amide bonds. The number of hydrogen-bond acceptors (Lipinski definition) is 10. The summed E-state index contributed by atoms with van der Waals surface area (Å²) in [5, 5.41) is 26.8. The summed E-state index contributed by atoms with van der Waals surface area (Å²) in [5.41, 5.74) is 3.73. The maximum absolute atomic E-state index is 14.8. The average molecular weight is 822 g/mol. The summed E-state index contributed by atoms with van der Waals surface area (Å²) in [6, 6.07) is 19.7. The van der Waals surface area contributed by atoms with Gasteiger partial charge in [0.15, 0.2) is 0 Å². The number of aliphatic hydroxyl groups excluding tert-OH is 2. The van der Waals surface area contributed by atoms with E-state index < -0.39 is 23.8 Å². The van der Waals surface area contributed by atoms with Crippen molar-refractivity contribution in [1.29, 1.82) is 0 Å². The molecule has 2 fully saturated rings. The van der Waals surface area contributed by atoms with Gasteiger partial charge in [0.05, 0.1) is 31.4 Å². The first-order valence-corrected chi connectivity index (χ1v) is 22.0. The summed E-state index contributed by atoms with van der Waals surface area (Å²) in [7, 11) is 0. The first kappa shape index (κ1) is 43.4. The van der Waals surface area contributed by atoms with E-state index in [1.165, 1.54) is 0 Å². The van der Waals surface area contributed by atoms with Crippen molar-refractivity contribution in [3.8, 4) is 11.5 Å². The van der Waals surface area contributed by atoms with Crippen LogP contribution in [-0.2, 0) is 20.9 Å². The molecule has 2 heterocycles. The lowest BCUT2D eigenvalue weighted by molar-refractivity contribution is -0.256. The van der Waals surface area contributed by atoms with Crippen LogP contribution in [0.1, 0.15) is 75.3 Å². The Morgan fingerprint density at radius 3 is 2.57 bits per heavy atom. The van der Waals surface area contributed by atoms with Crippen LogP contribution in [0.25, 0.3) is 10.8 Å². The largest absolute Gasteiger partial charge is 0.492 e. The summed E-state index contributed by atoms with van der Waals surface area (Å²) < 4.78 is 27.0. The van der Waals surface area contributed by atoms with E-state index in [1.807, 2.05) is 37.3 Å². The van der Waals surface area contributed by atoms with Crippen LogP contribution in [0.2, 0.25) is 0 Å². The molecule has 2 N–H and O–H groups in total. The Bertz CT molecular complexity index is 1990. The minimum Gasteiger partial charge on any atom is -0.492 e. The van der Waals surface area contributed by atoms with Crippen molar-refractivity contribution in [2.75, 3.05) is 59.3 Å². The molecule has 1 saturated heterocycles. The van der Waals surface area contributed by atoms with Crippen LogP contribution in [0.15, 0.2) is 103 Å². The van der Waals surface area contributed by atoms with Crippen molar-refractivity contribution in [3.05, 3.63) is 109 Å². The highest BCUT2D eigenvalue weighted by molar-refractivity contribution is 6.03. The van der Waals surface area contributed by atoms with Crippen LogP contribution in [0, 0.1) is 17.8 Å². The molecule has 1 saturated carbocycles. The van der Waals surface area contributed by atoms with E-state index in [4.69, 9.17) is 28.9 Å². The minimum absolute atomic E-state index is 0.101. The van der Waals surface area contributed by atoms with Crippen LogP contribution in [-0.4, -0.2) is 103 Å². The molecule has 11 heteroatoms. The number of carbonyl (C=O) groups is 1. The van der Waals surface area contributed by atoms with Gasteiger partial charge in [0.1, 0.15) is 30.8 Å². The molecule has 7 rings (SSSR count). The van der Waals surface area contributed by atoms with E-state index in [-0.39, 0.29) is 57.1 Å². The zero-order chi connectivity index (χ0) is 41.9. The minimum atomic E-state index is -1.40. The molecule has 3 aromatic rings. The quantitative estimate of drug-likeness (QED) is 0.0421. The number of hydrogen-bond donors (Lipinski definition) is 2. The van der Waals surface area contributed by atoms with E-state index in [2.05, 4.69) is 54.5 Å². The highest BCUT2D eigenvalue weighted by Gasteiger charge is 2.65. The molecule has 60 heavy (non-hydrogen) atoms. The molecule has 6 atom stereocenters. The summed E-state index contributed by atoms with van der Waals surface area (Å²) in [6.45, 7) is 14.7. The van der Waals surface area contributed by atoms with Gasteiger partial charge in [-0.25, -0.2) is 4.79 Å². The Hall–Kier alpha value is -4.68. The fourth-order valence-electron chi connectivity index (χ4n) is 9.70. The van der Waals surface area contributed by atoms with Crippen molar-refractivity contribution < 1.29 is 38.8 Å². The first-order chi connectivity index (χ1) is 29.5. The van der Waals surface area contributed by atoms with Crippen LogP contribution >= 0.6 is 0 Å². The van der Waals surface area contributed by atoms with Crippen molar-refractivity contribution in [1.82, 2.24) is 9.80 Å². The predicted octanol–water partition coefficient (Wildman–Crippen LogP) is 8.40. The van der Waals surface area contributed by atoms with E-state index in [1.54, 1.807) is 17.1 Å². The lowest BCUT2D eigenvalue weighted by atomic mass is 9.55. The number of aliphatic hydroxyl groups is 2. The molecule has 11 nitrogen and oxygen atoms in total. The topological polar surface area (TPSA) is 122 Å². The molecule has 2 aliphatic carbocycles. The SMILES string of the molecule is C=CCCOC(=O)N(Cc1cccc2ccccc12)C1CC(=NOCC)C2=CC(CCCCO)C(CCCCO)C3c4cc(OCCN5CC5)ccc4OC1(OCC=C)C23. The summed E-state index contributed by atoms with van der Waals surface area (Å²) in [4.78, 5) is 24.8. The molecule has 3 aromatic carbocycles. The highest BCUT2D eigenvalue weighted by Crippen LogP contribution is 2.62. The van der Waals surface area contributed by atoms with Crippen LogP contribution in [0.4, 0.5) is 4.79 Å². The number of allylic oxidation sites excluding steroid dienone is 1. The van der Waals surface area contributed by atoms with Crippen LogP contribution in [0.5, 0.6) is 11.5 Å². The van der Waals surface area contributed by atoms with Gasteiger partial charge < -0.3 is 34.0 Å². The fraction of sp³-hybridized carbons (Fsp3) is 0.510. The smallest absolute Gasteiger partial charge is 0.410 e. The number of amides is 1. The number of rotatable bonds is 23. The Kier molecular flexibility index (Phi) is 15.0. The van der Waals surface area contributed by atoms with Gasteiger partial charge in [-0.1, -0.05) is 78.7 Å². The van der Waals surface area contributed by atoms with E-state index in [9.17, 15) is 15.0 Å². The van der Waals surface area contributed by atoms with Gasteiger partial charge in [0, 0.05) is 50.8 Å². The number of carbonyl (C=O) groups excluding carboxylic acids is 1. The lowest BCUT2D eigenvalue weighted by Crippen LogP contribution is -2.70. The van der Waals surface area contributed by atoms with Crippen molar-refractivity contribution in [2.24, 2.45) is 22.9 Å². The molecular formula is C49H63N3O8. The van der Waals surface area contributed by atoms with Gasteiger partial charge >= 0.3 is 6.09 Å². The van der Waals surface area contributed by atoms with E-state index in [0.717, 1.165) is 84.3 Å². The molecule has 4 aliphatic rings. The second kappa shape index (κ2) is 20.7. The maximum Gasteiger partial charge on any atom is 0.410 e. The van der Waals surface area contributed by atoms with Gasteiger partial charge in [-0.15, -0.1) is 13.2 Å². The third-order valence-corrected chi connectivity index (χ3v) is 12.5. The standard InChI is InChI=1S/C49H63N3O8/c1-4-7-29-57-48(55)52(34-37-18-14-17-35-15-8-9-19-39(35)37)45-33-43(50-59-6-3)41-31-36(16-10-12-26-53)40(20-11-13-27-54)46-42-32-38(56-30-25-51-23-24-51)21-22-44(42)60-49(45,47(41)46)58-28-5-2/h4-5,8-9,14-15,17-19,21-22,31-32,36,40,45-47,53-54H,1-2,6-7,10-13,16,20,23-30,33-34H2,3H3. The second-order valence-corrected chi connectivity index (χ2v) is 16.3. The second-order valence-electron chi connectivity index (χ2n) is 16.3. The Balaban J connectivity index is 1.43. The van der Waals surface area contributed by atoms with Gasteiger partial charge in [-0.2, -0.15) is 0 Å². The van der Waals surface area contributed by atoms with Gasteiger partial charge in [0.2, 0.25) is 5.79 Å². The molecule has 0 aromatic heterocycles. The van der Waals surface area contributed by atoms with E-state index >= 15 is 0 Å². The molecule has 6 unspecified atom stereocenters. The lowest BCUT2D eigenvalue weighted by Gasteiger charge is -2.60. The predicted molar refractivity (Wildman–Crippen MR) is 234 cm³/mol. The summed E-state index contributed by atoms with van der Waals surface area (Å²) >= 11 is 0. The van der Waals surface area contributed by atoms with Crippen molar-refractivity contribution in [3.63, 3.8) is 0 Å². The number of nitrogens with zero attached hydrogens (tertiary/aromatic N) is 3. The van der Waals surface area contributed by atoms with Gasteiger partial charge in [-0.3, -0.25) is 9.80 Å². The third kappa shape index (κ3) is 9.60. The zero-order valence-corrected chi connectivity index (χ0v) is 35.2. The number of oxime groups is 1. The Morgan fingerprint density at radius 2 is 1.80 bits per heavy atom. The van der Waals surface area contributed by atoms with Crippen LogP contribution < -0.4 is 9.47 Å². The monoisotopic (exact) mass is 821 g/mol. The normalized spacial score (nSPS) is 24.8. The maximum atomic E-state index is 14.8. The number of ether oxygens (including phenoxy) is 4. The van der Waals surface area contributed by atoms with Crippen molar-refractivity contribution in [2.45, 2.75) is 82.6 Å². The number of benzene rings is 3. The fourth-order valence-corrected chi connectivity index (χ4v) is 9.70. The third-order valence-electron chi connectivity index (χ3n) is 12.5. The molecule has 2 aliphatic heterocycles. The molecule has 0 spiro atoms. The molecular weight excluding hydrogens is 759 g/mol. The first-order valence-electron chi connectivity index (χ1n) is 22.0. The molecule has 0 bridgehead atoms. The Morgan fingerprint density at radius 1 is 1.00 bits per heavy atom. The zero-order valence-electron chi connectivity index (χ0n) is 35.2.